The summed E-state index contributed by atoms with van der Waals surface area (Å²) >= 11 is 0. The Morgan fingerprint density at radius 3 is 2.50 bits per heavy atom. The zero-order valence-corrected chi connectivity index (χ0v) is 9.74. The van der Waals surface area contributed by atoms with E-state index in [4.69, 9.17) is 5.11 Å². The standard InChI is InChI=1S/C12H19NO3/c1-9-5-3-2-4-8-13(9)10(14)12(6-7-12)11(15)16/h9H,2-8H2,1H3,(H,15,16). The van der Waals surface area contributed by atoms with E-state index >= 15 is 0 Å². The number of hydrogen-bond acceptors (Lipinski definition) is 2. The molecule has 2 aliphatic rings. The maximum Gasteiger partial charge on any atom is 0.319 e. The van der Waals surface area contributed by atoms with Gasteiger partial charge in [-0.05, 0) is 32.6 Å². The number of likely N-dealkylation sites (tertiary alicyclic amines) is 1. The van der Waals surface area contributed by atoms with Crippen LogP contribution in [0, 0.1) is 5.41 Å². The number of rotatable bonds is 2. The van der Waals surface area contributed by atoms with Crippen molar-refractivity contribution in [1.82, 2.24) is 4.90 Å². The summed E-state index contributed by atoms with van der Waals surface area (Å²) in [6, 6.07) is 0.201. The van der Waals surface area contributed by atoms with Crippen LogP contribution in [0.25, 0.3) is 0 Å². The van der Waals surface area contributed by atoms with Crippen LogP contribution in [0.5, 0.6) is 0 Å². The zero-order valence-electron chi connectivity index (χ0n) is 9.74. The molecule has 16 heavy (non-hydrogen) atoms. The van der Waals surface area contributed by atoms with E-state index in [1.165, 1.54) is 0 Å². The first-order chi connectivity index (χ1) is 7.58. The molecule has 0 bridgehead atoms. The molecule has 0 aromatic carbocycles. The Balaban J connectivity index is 2.11. The monoisotopic (exact) mass is 225 g/mol. The van der Waals surface area contributed by atoms with Crippen LogP contribution < -0.4 is 0 Å². The third-order valence-corrected chi connectivity index (χ3v) is 3.88. The Hall–Kier alpha value is -1.06. The molecule has 1 atom stereocenters. The zero-order chi connectivity index (χ0) is 11.8. The molecule has 1 aliphatic carbocycles. The molecule has 90 valence electrons. The largest absolute Gasteiger partial charge is 0.480 e. The van der Waals surface area contributed by atoms with Crippen molar-refractivity contribution in [3.63, 3.8) is 0 Å². The van der Waals surface area contributed by atoms with Gasteiger partial charge >= 0.3 is 5.97 Å². The molecule has 1 N–H and O–H groups in total. The molecule has 4 heteroatoms. The van der Waals surface area contributed by atoms with Gasteiger partial charge in [0.15, 0.2) is 0 Å². The molecule has 0 spiro atoms. The van der Waals surface area contributed by atoms with Crippen LogP contribution in [0.15, 0.2) is 0 Å². The molecule has 2 rings (SSSR count). The molecular formula is C12H19NO3. The van der Waals surface area contributed by atoms with E-state index in [1.807, 2.05) is 6.92 Å². The van der Waals surface area contributed by atoms with Gasteiger partial charge in [-0.2, -0.15) is 0 Å². The van der Waals surface area contributed by atoms with Crippen molar-refractivity contribution in [2.75, 3.05) is 6.54 Å². The van der Waals surface area contributed by atoms with Gasteiger partial charge in [-0.15, -0.1) is 0 Å². The van der Waals surface area contributed by atoms with E-state index in [2.05, 4.69) is 0 Å². The van der Waals surface area contributed by atoms with Crippen molar-refractivity contribution >= 4 is 11.9 Å². The van der Waals surface area contributed by atoms with Gasteiger partial charge in [0.1, 0.15) is 5.41 Å². The summed E-state index contributed by atoms with van der Waals surface area (Å²) < 4.78 is 0. The first-order valence-corrected chi connectivity index (χ1v) is 6.12. The van der Waals surface area contributed by atoms with Gasteiger partial charge in [0.2, 0.25) is 5.91 Å². The number of amides is 1. The lowest BCUT2D eigenvalue weighted by Crippen LogP contribution is -2.45. The van der Waals surface area contributed by atoms with Crippen molar-refractivity contribution in [3.05, 3.63) is 0 Å². The fourth-order valence-electron chi connectivity index (χ4n) is 2.50. The van der Waals surface area contributed by atoms with Crippen LogP contribution in [0.3, 0.4) is 0 Å². The molecule has 1 aliphatic heterocycles. The van der Waals surface area contributed by atoms with Gasteiger partial charge in [-0.3, -0.25) is 9.59 Å². The van der Waals surface area contributed by atoms with Gasteiger partial charge in [0.25, 0.3) is 0 Å². The van der Waals surface area contributed by atoms with E-state index in [-0.39, 0.29) is 11.9 Å². The third kappa shape index (κ3) is 1.81. The van der Waals surface area contributed by atoms with Gasteiger partial charge in [-0.25, -0.2) is 0 Å². The molecule has 1 heterocycles. The van der Waals surface area contributed by atoms with Crippen LogP contribution in [0.4, 0.5) is 0 Å². The number of hydrogen-bond donors (Lipinski definition) is 1. The molecule has 1 unspecified atom stereocenters. The SMILES string of the molecule is CC1CCCCCN1C(=O)C1(C(=O)O)CC1. The lowest BCUT2D eigenvalue weighted by atomic mass is 10.0. The number of carbonyl (C=O) groups is 2. The van der Waals surface area contributed by atoms with Crippen LogP contribution >= 0.6 is 0 Å². The smallest absolute Gasteiger partial charge is 0.319 e. The summed E-state index contributed by atoms with van der Waals surface area (Å²) in [6.07, 6.45) is 5.33. The average molecular weight is 225 g/mol. The summed E-state index contributed by atoms with van der Waals surface area (Å²) in [7, 11) is 0. The maximum absolute atomic E-state index is 12.2. The topological polar surface area (TPSA) is 57.6 Å². The fraction of sp³-hybridized carbons (Fsp3) is 0.833. The average Bonchev–Trinajstić information content (AvgIpc) is 3.01. The van der Waals surface area contributed by atoms with Crippen molar-refractivity contribution < 1.29 is 14.7 Å². The second-order valence-corrected chi connectivity index (χ2v) is 5.08. The molecule has 1 saturated heterocycles. The van der Waals surface area contributed by atoms with Crippen LogP contribution in [-0.2, 0) is 9.59 Å². The Morgan fingerprint density at radius 2 is 1.94 bits per heavy atom. The highest BCUT2D eigenvalue weighted by Crippen LogP contribution is 2.48. The summed E-state index contributed by atoms with van der Waals surface area (Å²) in [5.74, 6) is -1.08. The van der Waals surface area contributed by atoms with Crippen molar-refractivity contribution in [2.45, 2.75) is 51.5 Å². The first-order valence-electron chi connectivity index (χ1n) is 6.12. The van der Waals surface area contributed by atoms with Gasteiger partial charge in [0.05, 0.1) is 0 Å². The summed E-state index contributed by atoms with van der Waals surface area (Å²) in [6.45, 7) is 2.76. The molecular weight excluding hydrogens is 206 g/mol. The molecule has 2 fully saturated rings. The van der Waals surface area contributed by atoms with E-state index < -0.39 is 11.4 Å². The maximum atomic E-state index is 12.2. The molecule has 0 radical (unpaired) electrons. The van der Waals surface area contributed by atoms with Gasteiger partial charge in [0, 0.05) is 12.6 Å². The highest BCUT2D eigenvalue weighted by Gasteiger charge is 2.58. The number of carboxylic acids is 1. The number of nitrogens with zero attached hydrogens (tertiary/aromatic N) is 1. The molecule has 0 aromatic rings. The normalized spacial score (nSPS) is 28.3. The molecule has 4 nitrogen and oxygen atoms in total. The van der Waals surface area contributed by atoms with E-state index in [0.717, 1.165) is 32.2 Å². The first kappa shape index (κ1) is 11.4. The van der Waals surface area contributed by atoms with E-state index in [0.29, 0.717) is 12.8 Å². The van der Waals surface area contributed by atoms with E-state index in [9.17, 15) is 9.59 Å². The van der Waals surface area contributed by atoms with Crippen molar-refractivity contribution in [3.8, 4) is 0 Å². The second-order valence-electron chi connectivity index (χ2n) is 5.08. The highest BCUT2D eigenvalue weighted by atomic mass is 16.4. The molecule has 1 amide bonds. The summed E-state index contributed by atoms with van der Waals surface area (Å²) in [4.78, 5) is 25.1. The molecule has 0 aromatic heterocycles. The Kier molecular flexibility index (Phi) is 2.91. The fourth-order valence-corrected chi connectivity index (χ4v) is 2.50. The summed E-state index contributed by atoms with van der Waals surface area (Å²) in [5.41, 5.74) is -1.06. The minimum Gasteiger partial charge on any atom is -0.480 e. The van der Waals surface area contributed by atoms with Crippen molar-refractivity contribution in [1.29, 1.82) is 0 Å². The lowest BCUT2D eigenvalue weighted by Gasteiger charge is -2.29. The van der Waals surface area contributed by atoms with Crippen LogP contribution in [-0.4, -0.2) is 34.5 Å². The predicted octanol–water partition coefficient (Wildman–Crippen LogP) is 1.64. The number of carboxylic acid groups (broad SMARTS) is 1. The Bertz CT molecular complexity index is 309. The minimum atomic E-state index is -1.06. The number of carbonyl (C=O) groups excluding carboxylic acids is 1. The minimum absolute atomic E-state index is 0.144. The Labute approximate surface area is 95.6 Å². The van der Waals surface area contributed by atoms with Gasteiger partial charge < -0.3 is 10.0 Å². The highest BCUT2D eigenvalue weighted by molar-refractivity contribution is 6.04. The second kappa shape index (κ2) is 4.07. The predicted molar refractivity (Wildman–Crippen MR) is 58.9 cm³/mol. The Morgan fingerprint density at radius 1 is 1.25 bits per heavy atom. The lowest BCUT2D eigenvalue weighted by molar-refractivity contribution is -0.154. The van der Waals surface area contributed by atoms with Gasteiger partial charge in [-0.1, -0.05) is 12.8 Å². The number of aliphatic carboxylic acids is 1. The van der Waals surface area contributed by atoms with E-state index in [1.54, 1.807) is 4.90 Å². The van der Waals surface area contributed by atoms with Crippen LogP contribution in [0.2, 0.25) is 0 Å². The summed E-state index contributed by atoms with van der Waals surface area (Å²) in [5, 5.41) is 9.11. The molecule has 1 saturated carbocycles. The van der Waals surface area contributed by atoms with Crippen molar-refractivity contribution in [2.24, 2.45) is 5.41 Å². The third-order valence-electron chi connectivity index (χ3n) is 3.88. The quantitative estimate of drug-likeness (QED) is 0.727. The van der Waals surface area contributed by atoms with Crippen LogP contribution in [0.1, 0.15) is 45.4 Å².